The molecule has 0 atom stereocenters. The molecular weight excluding hydrogens is 204 g/mol. The first kappa shape index (κ1) is 12.0. The molecule has 15 heavy (non-hydrogen) atoms. The first-order chi connectivity index (χ1) is 7.00. The quantitative estimate of drug-likeness (QED) is 0.774. The van der Waals surface area contributed by atoms with E-state index in [4.69, 9.17) is 12.2 Å². The molecule has 1 rings (SSSR count). The summed E-state index contributed by atoms with van der Waals surface area (Å²) in [7, 11) is 3.86. The number of benzene rings is 1. The highest BCUT2D eigenvalue weighted by molar-refractivity contribution is 7.80. The molecule has 1 N–H and O–H groups in total. The van der Waals surface area contributed by atoms with Gasteiger partial charge in [0.2, 0.25) is 0 Å². The van der Waals surface area contributed by atoms with Gasteiger partial charge in [-0.15, -0.1) is 0 Å². The van der Waals surface area contributed by atoms with Crippen LogP contribution >= 0.6 is 12.2 Å². The van der Waals surface area contributed by atoms with Gasteiger partial charge in [0.1, 0.15) is 0 Å². The SMILES string of the molecule is CC(C)c1ccc(NC(=S)N(C)C)cc1. The number of nitrogens with one attached hydrogen (secondary N) is 1. The van der Waals surface area contributed by atoms with Crippen LogP contribution in [0, 0.1) is 0 Å². The maximum atomic E-state index is 5.16. The summed E-state index contributed by atoms with van der Waals surface area (Å²) >= 11 is 5.16. The predicted octanol–water partition coefficient (Wildman–Crippen LogP) is 3.07. The summed E-state index contributed by atoms with van der Waals surface area (Å²) in [6.07, 6.45) is 0. The van der Waals surface area contributed by atoms with Gasteiger partial charge in [-0.2, -0.15) is 0 Å². The summed E-state index contributed by atoms with van der Waals surface area (Å²) in [4.78, 5) is 1.88. The summed E-state index contributed by atoms with van der Waals surface area (Å²) in [5.41, 5.74) is 2.38. The van der Waals surface area contributed by atoms with Gasteiger partial charge in [0.05, 0.1) is 0 Å². The van der Waals surface area contributed by atoms with Gasteiger partial charge in [0, 0.05) is 19.8 Å². The fourth-order valence-electron chi connectivity index (χ4n) is 1.19. The fraction of sp³-hybridized carbons (Fsp3) is 0.417. The maximum Gasteiger partial charge on any atom is 0.172 e. The molecule has 0 heterocycles. The molecule has 0 fully saturated rings. The Morgan fingerprint density at radius 3 is 2.13 bits per heavy atom. The number of hydrogen-bond acceptors (Lipinski definition) is 1. The maximum absolute atomic E-state index is 5.16. The molecule has 0 amide bonds. The van der Waals surface area contributed by atoms with E-state index in [0.29, 0.717) is 5.92 Å². The standard InChI is InChI=1S/C12H18N2S/c1-9(2)10-5-7-11(8-6-10)13-12(15)14(3)4/h5-9H,1-4H3,(H,13,15). The van der Waals surface area contributed by atoms with E-state index < -0.39 is 0 Å². The Balaban J connectivity index is 2.69. The molecule has 0 aliphatic carbocycles. The van der Waals surface area contributed by atoms with Gasteiger partial charge in [-0.3, -0.25) is 0 Å². The van der Waals surface area contributed by atoms with Crippen LogP contribution in [0.3, 0.4) is 0 Å². The average molecular weight is 222 g/mol. The van der Waals surface area contributed by atoms with Gasteiger partial charge in [-0.1, -0.05) is 26.0 Å². The number of hydrogen-bond donors (Lipinski definition) is 1. The van der Waals surface area contributed by atoms with E-state index >= 15 is 0 Å². The summed E-state index contributed by atoms with van der Waals surface area (Å²) in [6, 6.07) is 8.38. The van der Waals surface area contributed by atoms with Gasteiger partial charge in [-0.25, -0.2) is 0 Å². The van der Waals surface area contributed by atoms with Crippen LogP contribution in [-0.4, -0.2) is 24.1 Å². The van der Waals surface area contributed by atoms with Crippen molar-refractivity contribution in [3.63, 3.8) is 0 Å². The zero-order chi connectivity index (χ0) is 11.4. The van der Waals surface area contributed by atoms with Crippen molar-refractivity contribution < 1.29 is 0 Å². The molecule has 2 nitrogen and oxygen atoms in total. The van der Waals surface area contributed by atoms with E-state index in [-0.39, 0.29) is 0 Å². The molecule has 0 radical (unpaired) electrons. The molecule has 82 valence electrons. The molecular formula is C12H18N2S. The molecule has 0 aliphatic heterocycles. The lowest BCUT2D eigenvalue weighted by Crippen LogP contribution is -2.26. The molecule has 0 aromatic heterocycles. The van der Waals surface area contributed by atoms with Crippen LogP contribution in [0.25, 0.3) is 0 Å². The summed E-state index contributed by atoms with van der Waals surface area (Å²) in [5.74, 6) is 0.569. The van der Waals surface area contributed by atoms with Gasteiger partial charge in [0.25, 0.3) is 0 Å². The van der Waals surface area contributed by atoms with E-state index in [1.54, 1.807) is 0 Å². The summed E-state index contributed by atoms with van der Waals surface area (Å²) in [5, 5.41) is 3.89. The monoisotopic (exact) mass is 222 g/mol. The molecule has 0 bridgehead atoms. The van der Waals surface area contributed by atoms with Crippen LogP contribution in [0.15, 0.2) is 24.3 Å². The Morgan fingerprint density at radius 1 is 1.20 bits per heavy atom. The number of thiocarbonyl (C=S) groups is 1. The molecule has 0 saturated heterocycles. The molecule has 1 aromatic carbocycles. The molecule has 0 unspecified atom stereocenters. The predicted molar refractivity (Wildman–Crippen MR) is 70.4 cm³/mol. The lowest BCUT2D eigenvalue weighted by atomic mass is 10.0. The normalized spacial score (nSPS) is 10.2. The Hall–Kier alpha value is -1.09. The van der Waals surface area contributed by atoms with Crippen molar-refractivity contribution in [3.05, 3.63) is 29.8 Å². The van der Waals surface area contributed by atoms with E-state index in [1.165, 1.54) is 5.56 Å². The van der Waals surface area contributed by atoms with Crippen molar-refractivity contribution in [3.8, 4) is 0 Å². The van der Waals surface area contributed by atoms with E-state index in [9.17, 15) is 0 Å². The highest BCUT2D eigenvalue weighted by Crippen LogP contribution is 2.17. The van der Waals surface area contributed by atoms with E-state index in [0.717, 1.165) is 10.8 Å². The van der Waals surface area contributed by atoms with Crippen molar-refractivity contribution in [2.75, 3.05) is 19.4 Å². The lowest BCUT2D eigenvalue weighted by Gasteiger charge is -2.15. The zero-order valence-electron chi connectivity index (χ0n) is 9.74. The minimum absolute atomic E-state index is 0.569. The van der Waals surface area contributed by atoms with Crippen LogP contribution in [0.2, 0.25) is 0 Å². The third-order valence-corrected chi connectivity index (χ3v) is 2.70. The third-order valence-electron chi connectivity index (χ3n) is 2.23. The Kier molecular flexibility index (Phi) is 4.09. The van der Waals surface area contributed by atoms with Crippen molar-refractivity contribution in [2.24, 2.45) is 0 Å². The van der Waals surface area contributed by atoms with Crippen LogP contribution in [0.1, 0.15) is 25.3 Å². The van der Waals surface area contributed by atoms with Crippen molar-refractivity contribution in [2.45, 2.75) is 19.8 Å². The molecule has 0 spiro atoms. The van der Waals surface area contributed by atoms with Gasteiger partial charge in [0.15, 0.2) is 5.11 Å². The van der Waals surface area contributed by atoms with Crippen LogP contribution < -0.4 is 5.32 Å². The first-order valence-corrected chi connectivity index (χ1v) is 5.50. The summed E-state index contributed by atoms with van der Waals surface area (Å²) in [6.45, 7) is 4.37. The minimum atomic E-state index is 0.569. The summed E-state index contributed by atoms with van der Waals surface area (Å²) < 4.78 is 0. The second-order valence-corrected chi connectivity index (χ2v) is 4.49. The van der Waals surface area contributed by atoms with Crippen molar-refractivity contribution in [1.82, 2.24) is 4.90 Å². The fourth-order valence-corrected chi connectivity index (χ4v) is 1.30. The third kappa shape index (κ3) is 3.51. The molecule has 1 aromatic rings. The second kappa shape index (κ2) is 5.12. The van der Waals surface area contributed by atoms with Crippen LogP contribution in [0.4, 0.5) is 5.69 Å². The molecule has 0 aliphatic rings. The van der Waals surface area contributed by atoms with Gasteiger partial charge in [-0.05, 0) is 35.8 Å². The smallest absolute Gasteiger partial charge is 0.172 e. The minimum Gasteiger partial charge on any atom is -0.355 e. The second-order valence-electron chi connectivity index (χ2n) is 4.10. The average Bonchev–Trinajstić information content (AvgIpc) is 2.18. The highest BCUT2D eigenvalue weighted by atomic mass is 32.1. The van der Waals surface area contributed by atoms with Crippen LogP contribution in [-0.2, 0) is 0 Å². The van der Waals surface area contributed by atoms with Crippen molar-refractivity contribution in [1.29, 1.82) is 0 Å². The highest BCUT2D eigenvalue weighted by Gasteiger charge is 2.01. The van der Waals surface area contributed by atoms with Gasteiger partial charge >= 0.3 is 0 Å². The Morgan fingerprint density at radius 2 is 1.73 bits per heavy atom. The molecule has 0 saturated carbocycles. The lowest BCUT2D eigenvalue weighted by molar-refractivity contribution is 0.634. The van der Waals surface area contributed by atoms with Gasteiger partial charge < -0.3 is 10.2 Å². The number of nitrogens with zero attached hydrogens (tertiary/aromatic N) is 1. The zero-order valence-corrected chi connectivity index (χ0v) is 10.6. The Labute approximate surface area is 97.3 Å². The van der Waals surface area contributed by atoms with E-state index in [2.05, 4.69) is 43.4 Å². The first-order valence-electron chi connectivity index (χ1n) is 5.09. The Bertz CT molecular complexity index is 328. The number of rotatable bonds is 2. The number of anilines is 1. The van der Waals surface area contributed by atoms with E-state index in [1.807, 2.05) is 19.0 Å². The van der Waals surface area contributed by atoms with Crippen molar-refractivity contribution >= 4 is 23.0 Å². The molecule has 3 heteroatoms. The van der Waals surface area contributed by atoms with Crippen LogP contribution in [0.5, 0.6) is 0 Å². The largest absolute Gasteiger partial charge is 0.355 e. The topological polar surface area (TPSA) is 15.3 Å².